The molecule has 0 aromatic heterocycles. The summed E-state index contributed by atoms with van der Waals surface area (Å²) in [5.41, 5.74) is -0.0402. The molecule has 0 unspecified atom stereocenters. The van der Waals surface area contributed by atoms with Crippen LogP contribution in [0.3, 0.4) is 0 Å². The van der Waals surface area contributed by atoms with Gasteiger partial charge < -0.3 is 33.5 Å². The van der Waals surface area contributed by atoms with Crippen molar-refractivity contribution < 1.29 is 37.7 Å². The molecule has 2 amide bonds. The zero-order valence-corrected chi connectivity index (χ0v) is 21.3. The van der Waals surface area contributed by atoms with Gasteiger partial charge in [-0.05, 0) is 51.3 Å². The van der Waals surface area contributed by atoms with Gasteiger partial charge in [0.15, 0.2) is 23.4 Å². The highest BCUT2D eigenvalue weighted by Gasteiger charge is 2.39. The summed E-state index contributed by atoms with van der Waals surface area (Å²) in [6.07, 6.45) is 1.11. The molecule has 1 atom stereocenters. The summed E-state index contributed by atoms with van der Waals surface area (Å²) in [5, 5.41) is 0. The van der Waals surface area contributed by atoms with Crippen LogP contribution in [0.4, 0.5) is 9.18 Å². The van der Waals surface area contributed by atoms with Gasteiger partial charge in [-0.1, -0.05) is 0 Å². The third-order valence-corrected chi connectivity index (χ3v) is 5.64. The first-order valence-corrected chi connectivity index (χ1v) is 12.0. The Labute approximate surface area is 206 Å². The summed E-state index contributed by atoms with van der Waals surface area (Å²) in [7, 11) is 2.99. The van der Waals surface area contributed by atoms with Gasteiger partial charge in [0, 0.05) is 39.3 Å². The van der Waals surface area contributed by atoms with E-state index < -0.39 is 23.6 Å². The number of amides is 2. The predicted octanol–water partition coefficient (Wildman–Crippen LogP) is 3.38. The van der Waals surface area contributed by atoms with Crippen molar-refractivity contribution >= 4 is 12.0 Å². The average Bonchev–Trinajstić information content (AvgIpc) is 3.64. The second-order valence-corrected chi connectivity index (χ2v) is 9.79. The number of carbonyl (C=O) groups is 2. The Morgan fingerprint density at radius 1 is 1.20 bits per heavy atom. The molecule has 10 heteroatoms. The van der Waals surface area contributed by atoms with Gasteiger partial charge in [-0.25, -0.2) is 9.18 Å². The fourth-order valence-electron chi connectivity index (χ4n) is 3.85. The predicted molar refractivity (Wildman–Crippen MR) is 126 cm³/mol. The number of methoxy groups -OCH3 is 2. The third-order valence-electron chi connectivity index (χ3n) is 5.64. The molecule has 35 heavy (non-hydrogen) atoms. The van der Waals surface area contributed by atoms with Crippen molar-refractivity contribution in [2.45, 2.75) is 64.3 Å². The first kappa shape index (κ1) is 27.0. The molecular formula is C25H37FN2O7. The molecule has 1 aromatic carbocycles. The number of halogens is 1. The Balaban J connectivity index is 1.71. The second-order valence-electron chi connectivity index (χ2n) is 9.79. The molecule has 2 aliphatic rings. The lowest BCUT2D eigenvalue weighted by Crippen LogP contribution is -2.53. The van der Waals surface area contributed by atoms with Gasteiger partial charge in [-0.15, -0.1) is 0 Å². The van der Waals surface area contributed by atoms with E-state index in [1.54, 1.807) is 38.8 Å². The molecule has 1 aromatic rings. The van der Waals surface area contributed by atoms with Crippen molar-refractivity contribution in [2.24, 2.45) is 0 Å². The molecule has 2 fully saturated rings. The van der Waals surface area contributed by atoms with Crippen LogP contribution in [0.2, 0.25) is 0 Å². The third kappa shape index (κ3) is 7.70. The van der Waals surface area contributed by atoms with Crippen LogP contribution in [0.15, 0.2) is 12.1 Å². The van der Waals surface area contributed by atoms with Crippen LogP contribution in [-0.4, -0.2) is 86.7 Å². The van der Waals surface area contributed by atoms with Crippen molar-refractivity contribution in [1.29, 1.82) is 0 Å². The van der Waals surface area contributed by atoms with Crippen molar-refractivity contribution in [3.8, 4) is 11.5 Å². The van der Waals surface area contributed by atoms with E-state index in [-0.39, 0.29) is 43.1 Å². The van der Waals surface area contributed by atoms with Gasteiger partial charge in [0.05, 0.1) is 26.9 Å². The number of hydrogen-bond donors (Lipinski definition) is 0. The lowest BCUT2D eigenvalue weighted by atomic mass is 10.1. The minimum atomic E-state index is -0.801. The van der Waals surface area contributed by atoms with Crippen LogP contribution < -0.4 is 9.47 Å². The van der Waals surface area contributed by atoms with Crippen LogP contribution in [0.5, 0.6) is 11.5 Å². The van der Waals surface area contributed by atoms with Gasteiger partial charge in [-0.3, -0.25) is 4.79 Å². The van der Waals surface area contributed by atoms with Crippen LogP contribution in [0.25, 0.3) is 0 Å². The molecular weight excluding hydrogens is 459 g/mol. The summed E-state index contributed by atoms with van der Waals surface area (Å²) < 4.78 is 41.9. The number of rotatable bonds is 10. The van der Waals surface area contributed by atoms with Gasteiger partial charge in [0.1, 0.15) is 5.60 Å². The van der Waals surface area contributed by atoms with Gasteiger partial charge in [0.25, 0.3) is 5.91 Å². The normalized spacial score (nSPS) is 18.2. The molecule has 1 heterocycles. The second kappa shape index (κ2) is 11.9. The number of morpholine rings is 1. The average molecular weight is 497 g/mol. The van der Waals surface area contributed by atoms with E-state index in [4.69, 9.17) is 23.7 Å². The van der Waals surface area contributed by atoms with Crippen molar-refractivity contribution in [3.63, 3.8) is 0 Å². The van der Waals surface area contributed by atoms with Crippen molar-refractivity contribution in [3.05, 3.63) is 23.5 Å². The van der Waals surface area contributed by atoms with Crippen molar-refractivity contribution in [2.75, 3.05) is 47.1 Å². The molecule has 9 nitrogen and oxygen atoms in total. The fraction of sp³-hybridized carbons (Fsp3) is 0.680. The van der Waals surface area contributed by atoms with E-state index in [2.05, 4.69) is 0 Å². The van der Waals surface area contributed by atoms with E-state index in [1.165, 1.54) is 18.1 Å². The molecule has 0 N–H and O–H groups in total. The number of ether oxygens (including phenoxy) is 5. The highest BCUT2D eigenvalue weighted by molar-refractivity contribution is 5.83. The van der Waals surface area contributed by atoms with Gasteiger partial charge in [0.2, 0.25) is 0 Å². The Hall–Kier alpha value is -2.59. The molecule has 0 spiro atoms. The lowest BCUT2D eigenvalue weighted by molar-refractivity contribution is -0.150. The van der Waals surface area contributed by atoms with E-state index >= 15 is 0 Å². The standard InChI is InChI=1S/C25H37FN2O7/c1-25(2,3)35-24(30)27-9-12-34-21(16-27)23(29)28(18-7-8-18)15-17-13-19(26)22(32-5)20(14-17)33-11-6-10-31-4/h13-14,18,21H,6-12,15-16H2,1-5H3/t21-/m1/s1. The first-order valence-electron chi connectivity index (χ1n) is 12.0. The summed E-state index contributed by atoms with van der Waals surface area (Å²) in [6.45, 7) is 7.17. The highest BCUT2D eigenvalue weighted by atomic mass is 19.1. The topological polar surface area (TPSA) is 86.8 Å². The Kier molecular flexibility index (Phi) is 9.18. The lowest BCUT2D eigenvalue weighted by Gasteiger charge is -2.36. The zero-order chi connectivity index (χ0) is 25.6. The molecule has 1 saturated heterocycles. The van der Waals surface area contributed by atoms with E-state index in [0.717, 1.165) is 12.8 Å². The Bertz CT molecular complexity index is 885. The van der Waals surface area contributed by atoms with E-state index in [1.807, 2.05) is 0 Å². The zero-order valence-electron chi connectivity index (χ0n) is 21.3. The fourth-order valence-corrected chi connectivity index (χ4v) is 3.85. The molecule has 0 radical (unpaired) electrons. The molecule has 1 aliphatic carbocycles. The Morgan fingerprint density at radius 3 is 2.57 bits per heavy atom. The first-order chi connectivity index (χ1) is 16.6. The monoisotopic (exact) mass is 496 g/mol. The maximum absolute atomic E-state index is 14.8. The number of benzene rings is 1. The number of nitrogens with zero attached hydrogens (tertiary/aromatic N) is 2. The summed E-state index contributed by atoms with van der Waals surface area (Å²) in [6, 6.07) is 3.11. The molecule has 3 rings (SSSR count). The van der Waals surface area contributed by atoms with Crippen molar-refractivity contribution in [1.82, 2.24) is 9.80 Å². The summed E-state index contributed by atoms with van der Waals surface area (Å²) in [4.78, 5) is 29.1. The summed E-state index contributed by atoms with van der Waals surface area (Å²) >= 11 is 0. The van der Waals surface area contributed by atoms with Crippen LogP contribution in [-0.2, 0) is 25.5 Å². The molecule has 1 aliphatic heterocycles. The minimum absolute atomic E-state index is 0.0269. The molecule has 1 saturated carbocycles. The number of hydrogen-bond acceptors (Lipinski definition) is 7. The SMILES string of the molecule is COCCCOc1cc(CN(C(=O)[C@H]2CN(C(=O)OC(C)(C)C)CCO2)C2CC2)cc(F)c1OC. The van der Waals surface area contributed by atoms with Gasteiger partial charge >= 0.3 is 6.09 Å². The largest absolute Gasteiger partial charge is 0.490 e. The van der Waals surface area contributed by atoms with Crippen LogP contribution >= 0.6 is 0 Å². The number of carbonyl (C=O) groups excluding carboxylic acids is 2. The quantitative estimate of drug-likeness (QED) is 0.459. The maximum Gasteiger partial charge on any atom is 0.410 e. The van der Waals surface area contributed by atoms with Gasteiger partial charge in [-0.2, -0.15) is 0 Å². The smallest absolute Gasteiger partial charge is 0.410 e. The summed E-state index contributed by atoms with van der Waals surface area (Å²) in [5.74, 6) is -0.467. The molecule has 0 bridgehead atoms. The van der Waals surface area contributed by atoms with E-state index in [0.29, 0.717) is 31.7 Å². The highest BCUT2D eigenvalue weighted by Crippen LogP contribution is 2.35. The molecule has 196 valence electrons. The Morgan fingerprint density at radius 2 is 1.94 bits per heavy atom. The van der Waals surface area contributed by atoms with Crippen LogP contribution in [0.1, 0.15) is 45.6 Å². The maximum atomic E-state index is 14.8. The minimum Gasteiger partial charge on any atom is -0.490 e. The van der Waals surface area contributed by atoms with Crippen LogP contribution in [0, 0.1) is 5.82 Å². The van der Waals surface area contributed by atoms with E-state index in [9.17, 15) is 14.0 Å².